The zero-order chi connectivity index (χ0) is 18.4. The third-order valence-electron chi connectivity index (χ3n) is 3.95. The van der Waals surface area contributed by atoms with Crippen LogP contribution in [0, 0.1) is 0 Å². The number of alkyl halides is 2. The summed E-state index contributed by atoms with van der Waals surface area (Å²) < 4.78 is 25.0. The normalized spacial score (nSPS) is 22.1. The number of carbonyl (C=O) groups is 1. The molecule has 0 atom stereocenters. The lowest BCUT2D eigenvalue weighted by Gasteiger charge is -2.25. The SMILES string of the molecule is NC(=O)/C(=C/NC1CCC(O)CC1)C(N)=Nc1ccc(C(F)F)nc1. The van der Waals surface area contributed by atoms with Crippen LogP contribution in [-0.2, 0) is 4.79 Å². The number of amidine groups is 1. The van der Waals surface area contributed by atoms with Gasteiger partial charge in [-0.1, -0.05) is 0 Å². The number of pyridine rings is 1. The number of aromatic nitrogens is 1. The Labute approximate surface area is 143 Å². The van der Waals surface area contributed by atoms with E-state index in [9.17, 15) is 18.7 Å². The fraction of sp³-hybridized carbons (Fsp3) is 0.438. The molecule has 0 bridgehead atoms. The largest absolute Gasteiger partial charge is 0.393 e. The zero-order valence-corrected chi connectivity index (χ0v) is 13.5. The smallest absolute Gasteiger partial charge is 0.280 e. The minimum absolute atomic E-state index is 0.0101. The molecule has 0 saturated heterocycles. The number of aliphatic hydroxyl groups is 1. The molecule has 6 N–H and O–H groups in total. The lowest BCUT2D eigenvalue weighted by molar-refractivity contribution is -0.114. The van der Waals surface area contributed by atoms with E-state index in [0.29, 0.717) is 12.8 Å². The Morgan fingerprint density at radius 1 is 1.32 bits per heavy atom. The number of hydrogen-bond acceptors (Lipinski definition) is 5. The van der Waals surface area contributed by atoms with Gasteiger partial charge in [-0.3, -0.25) is 9.78 Å². The minimum Gasteiger partial charge on any atom is -0.393 e. The standard InChI is InChI=1S/C16H21F2N5O2/c17-14(18)13-6-3-10(7-22-13)23-15(19)12(16(20)25)8-21-9-1-4-11(24)5-2-9/h3,6-9,11,14,21,24H,1-2,4-5H2,(H2,19,23)(H2,20,25)/b12-8+. The van der Waals surface area contributed by atoms with Crippen molar-refractivity contribution in [2.45, 2.75) is 44.3 Å². The highest BCUT2D eigenvalue weighted by Gasteiger charge is 2.19. The predicted molar refractivity (Wildman–Crippen MR) is 89.2 cm³/mol. The molecule has 1 amide bonds. The van der Waals surface area contributed by atoms with Crippen LogP contribution < -0.4 is 16.8 Å². The number of nitrogens with two attached hydrogens (primary N) is 2. The van der Waals surface area contributed by atoms with Crippen molar-refractivity contribution in [2.75, 3.05) is 0 Å². The lowest BCUT2D eigenvalue weighted by atomic mass is 9.93. The highest BCUT2D eigenvalue weighted by atomic mass is 19.3. The summed E-state index contributed by atoms with van der Waals surface area (Å²) in [5.41, 5.74) is 11.0. The highest BCUT2D eigenvalue weighted by Crippen LogP contribution is 2.20. The van der Waals surface area contributed by atoms with Gasteiger partial charge >= 0.3 is 0 Å². The van der Waals surface area contributed by atoms with Crippen LogP contribution >= 0.6 is 0 Å². The summed E-state index contributed by atoms with van der Waals surface area (Å²) in [5.74, 6) is -0.899. The van der Waals surface area contributed by atoms with Gasteiger partial charge in [0.05, 0.1) is 23.6 Å². The number of halogens is 2. The highest BCUT2D eigenvalue weighted by molar-refractivity contribution is 6.20. The summed E-state index contributed by atoms with van der Waals surface area (Å²) in [4.78, 5) is 19.2. The lowest BCUT2D eigenvalue weighted by Crippen LogP contribution is -2.34. The van der Waals surface area contributed by atoms with Gasteiger partial charge in [0.2, 0.25) is 0 Å². The first-order chi connectivity index (χ1) is 11.9. The van der Waals surface area contributed by atoms with E-state index in [-0.39, 0.29) is 34.9 Å². The molecule has 7 nitrogen and oxygen atoms in total. The molecule has 2 rings (SSSR count). The van der Waals surface area contributed by atoms with E-state index in [4.69, 9.17) is 11.5 Å². The maximum absolute atomic E-state index is 12.5. The second-order valence-corrected chi connectivity index (χ2v) is 5.83. The molecule has 1 aromatic rings. The van der Waals surface area contributed by atoms with Crippen molar-refractivity contribution in [3.63, 3.8) is 0 Å². The molecule has 0 unspecified atom stereocenters. The fourth-order valence-corrected chi connectivity index (χ4v) is 2.51. The van der Waals surface area contributed by atoms with Gasteiger partial charge < -0.3 is 21.9 Å². The summed E-state index contributed by atoms with van der Waals surface area (Å²) in [7, 11) is 0. The Bertz CT molecular complexity index is 653. The van der Waals surface area contributed by atoms with Crippen LogP contribution in [0.3, 0.4) is 0 Å². The molecular formula is C16H21F2N5O2. The number of primary amides is 1. The molecule has 136 valence electrons. The van der Waals surface area contributed by atoms with Crippen molar-refractivity contribution in [3.8, 4) is 0 Å². The summed E-state index contributed by atoms with van der Waals surface area (Å²) in [6.45, 7) is 0. The molecule has 0 aliphatic heterocycles. The molecule has 1 saturated carbocycles. The molecule has 9 heteroatoms. The summed E-state index contributed by atoms with van der Waals surface area (Å²) >= 11 is 0. The molecule has 0 radical (unpaired) electrons. The van der Waals surface area contributed by atoms with Gasteiger partial charge in [0, 0.05) is 12.2 Å². The average Bonchev–Trinajstić information content (AvgIpc) is 2.57. The fourth-order valence-electron chi connectivity index (χ4n) is 2.51. The predicted octanol–water partition coefficient (Wildman–Crippen LogP) is 1.27. The van der Waals surface area contributed by atoms with Crippen LogP contribution in [0.15, 0.2) is 35.1 Å². The summed E-state index contributed by atoms with van der Waals surface area (Å²) in [6.07, 6.45) is 2.49. The molecule has 1 aliphatic rings. The van der Waals surface area contributed by atoms with Crippen molar-refractivity contribution in [2.24, 2.45) is 16.5 Å². The van der Waals surface area contributed by atoms with Gasteiger partial charge in [-0.25, -0.2) is 13.8 Å². The number of rotatable bonds is 6. The van der Waals surface area contributed by atoms with Crippen LogP contribution in [0.5, 0.6) is 0 Å². The molecule has 0 spiro atoms. The monoisotopic (exact) mass is 353 g/mol. The molecule has 0 aromatic carbocycles. The van der Waals surface area contributed by atoms with Crippen molar-refractivity contribution in [1.29, 1.82) is 0 Å². The number of carbonyl (C=O) groups excluding carboxylic acids is 1. The Morgan fingerprint density at radius 3 is 2.52 bits per heavy atom. The van der Waals surface area contributed by atoms with E-state index >= 15 is 0 Å². The summed E-state index contributed by atoms with van der Waals surface area (Å²) in [5, 5.41) is 12.6. The third-order valence-corrected chi connectivity index (χ3v) is 3.95. The van der Waals surface area contributed by atoms with E-state index in [1.165, 1.54) is 12.3 Å². The zero-order valence-electron chi connectivity index (χ0n) is 13.5. The van der Waals surface area contributed by atoms with E-state index in [0.717, 1.165) is 25.1 Å². The van der Waals surface area contributed by atoms with Gasteiger partial charge in [0.1, 0.15) is 11.5 Å². The van der Waals surface area contributed by atoms with E-state index in [1.807, 2.05) is 0 Å². The van der Waals surface area contributed by atoms with E-state index in [1.54, 1.807) is 0 Å². The Kier molecular flexibility index (Phi) is 6.40. The molecule has 1 aliphatic carbocycles. The molecule has 1 fully saturated rings. The number of aliphatic imine (C=N–C) groups is 1. The quantitative estimate of drug-likeness (QED) is 0.348. The first-order valence-corrected chi connectivity index (χ1v) is 7.89. The molecule has 1 aromatic heterocycles. The average molecular weight is 353 g/mol. The summed E-state index contributed by atoms with van der Waals surface area (Å²) in [6, 6.07) is 2.57. The number of amides is 1. The molecule has 25 heavy (non-hydrogen) atoms. The van der Waals surface area contributed by atoms with Gasteiger partial charge in [-0.05, 0) is 37.8 Å². The van der Waals surface area contributed by atoms with Crippen molar-refractivity contribution >= 4 is 17.4 Å². The van der Waals surface area contributed by atoms with Crippen LogP contribution in [0.25, 0.3) is 0 Å². The number of nitrogens with one attached hydrogen (secondary N) is 1. The Balaban J connectivity index is 2.09. The van der Waals surface area contributed by atoms with Crippen molar-refractivity contribution < 1.29 is 18.7 Å². The Morgan fingerprint density at radius 2 is 2.00 bits per heavy atom. The minimum atomic E-state index is -2.67. The number of aliphatic hydroxyl groups excluding tert-OH is 1. The molecule has 1 heterocycles. The van der Waals surface area contributed by atoms with Crippen molar-refractivity contribution in [1.82, 2.24) is 10.3 Å². The van der Waals surface area contributed by atoms with Crippen molar-refractivity contribution in [3.05, 3.63) is 35.8 Å². The van der Waals surface area contributed by atoms with Crippen LogP contribution in [-0.4, -0.2) is 34.0 Å². The van der Waals surface area contributed by atoms with Gasteiger partial charge in [0.15, 0.2) is 0 Å². The molecular weight excluding hydrogens is 332 g/mol. The van der Waals surface area contributed by atoms with Crippen LogP contribution in [0.4, 0.5) is 14.5 Å². The van der Waals surface area contributed by atoms with Gasteiger partial charge in [0.25, 0.3) is 12.3 Å². The first-order valence-electron chi connectivity index (χ1n) is 7.89. The van der Waals surface area contributed by atoms with Crippen LogP contribution in [0.1, 0.15) is 37.8 Å². The maximum atomic E-state index is 12.5. The second-order valence-electron chi connectivity index (χ2n) is 5.83. The van der Waals surface area contributed by atoms with E-state index < -0.39 is 12.3 Å². The number of nitrogens with zero attached hydrogens (tertiary/aromatic N) is 2. The third kappa shape index (κ3) is 5.49. The topological polar surface area (TPSA) is 127 Å². The van der Waals surface area contributed by atoms with Crippen LogP contribution in [0.2, 0.25) is 0 Å². The van der Waals surface area contributed by atoms with E-state index in [2.05, 4.69) is 15.3 Å². The Hall–Kier alpha value is -2.55. The van der Waals surface area contributed by atoms with Gasteiger partial charge in [-0.15, -0.1) is 0 Å². The maximum Gasteiger partial charge on any atom is 0.280 e. The second kappa shape index (κ2) is 8.52. The van der Waals surface area contributed by atoms with Gasteiger partial charge in [-0.2, -0.15) is 0 Å². The number of hydrogen-bond donors (Lipinski definition) is 4. The first kappa shape index (κ1) is 18.8.